The minimum absolute atomic E-state index is 0. The summed E-state index contributed by atoms with van der Waals surface area (Å²) in [5, 5.41) is 0. The molecule has 0 atom stereocenters. The van der Waals surface area contributed by atoms with Gasteiger partial charge in [-0.1, -0.05) is 0 Å². The summed E-state index contributed by atoms with van der Waals surface area (Å²) in [5.74, 6) is 0. The van der Waals surface area contributed by atoms with Crippen LogP contribution in [0.3, 0.4) is 0 Å². The van der Waals surface area contributed by atoms with Crippen LogP contribution in [0.15, 0.2) is 0 Å². The molecule has 0 N–H and O–H groups in total. The van der Waals surface area contributed by atoms with E-state index in [0.29, 0.717) is 0 Å². The molecule has 0 aliphatic carbocycles. The standard InChI is InChI=1S/C5H9O.ClH.Mg/c1-2-4-6-5-3-1;;/h1H,2-5H2;1H;/q;;+1/p-1. The molecule has 1 nitrogen and oxygen atoms in total. The zero-order valence-corrected chi connectivity index (χ0v) is 7.07. The molecule has 0 spiro atoms. The molecule has 0 unspecified atom stereocenters. The minimum atomic E-state index is 0. The van der Waals surface area contributed by atoms with E-state index < -0.39 is 0 Å². The molecule has 1 fully saturated rings. The van der Waals surface area contributed by atoms with Gasteiger partial charge in [0.25, 0.3) is 0 Å². The van der Waals surface area contributed by atoms with Gasteiger partial charge in [0, 0.05) is 0 Å². The summed E-state index contributed by atoms with van der Waals surface area (Å²) in [6, 6.07) is 0. The number of rotatable bonds is 0. The molecule has 1 aliphatic heterocycles. The summed E-state index contributed by atoms with van der Waals surface area (Å²) in [6.45, 7) is 1.99. The predicted molar refractivity (Wildman–Crippen MR) is 29.6 cm³/mol. The average molecular weight is 145 g/mol. The maximum atomic E-state index is 5.14. The van der Waals surface area contributed by atoms with Crippen molar-refractivity contribution in [3.63, 3.8) is 0 Å². The average Bonchev–Trinajstić information content (AvgIpc) is 1.69. The van der Waals surface area contributed by atoms with Crippen molar-refractivity contribution in [1.82, 2.24) is 0 Å². The van der Waals surface area contributed by atoms with Crippen LogP contribution >= 0.6 is 0 Å². The van der Waals surface area contributed by atoms with Gasteiger partial charge < -0.3 is 12.4 Å². The molecule has 1 heterocycles. The molecule has 0 radical (unpaired) electrons. The van der Waals surface area contributed by atoms with Crippen molar-refractivity contribution >= 4 is 21.7 Å². The van der Waals surface area contributed by atoms with Gasteiger partial charge in [0.1, 0.15) is 0 Å². The first kappa shape index (κ1) is 9.02. The Morgan fingerprint density at radius 1 is 1.25 bits per heavy atom. The summed E-state index contributed by atoms with van der Waals surface area (Å²) in [4.78, 5) is 0. The number of ether oxygens (including phenoxy) is 1. The quantitative estimate of drug-likeness (QED) is 0.350. The van der Waals surface area contributed by atoms with E-state index in [9.17, 15) is 0 Å². The van der Waals surface area contributed by atoms with Gasteiger partial charge in [0.05, 0.1) is 0 Å². The van der Waals surface area contributed by atoms with Gasteiger partial charge in [-0.25, -0.2) is 0 Å². The van der Waals surface area contributed by atoms with Gasteiger partial charge in [-0.05, 0) is 0 Å². The maximum absolute atomic E-state index is 5.14. The fourth-order valence-corrected chi connectivity index (χ4v) is 1.08. The van der Waals surface area contributed by atoms with Gasteiger partial charge in [-0.3, -0.25) is 0 Å². The Labute approximate surface area is 69.0 Å². The van der Waals surface area contributed by atoms with E-state index in [1.165, 1.54) is 12.8 Å². The van der Waals surface area contributed by atoms with E-state index in [1.54, 1.807) is 0 Å². The molecule has 1 aliphatic rings. The van der Waals surface area contributed by atoms with Gasteiger partial charge >= 0.3 is 56.5 Å². The van der Waals surface area contributed by atoms with Crippen molar-refractivity contribution in [2.24, 2.45) is 0 Å². The van der Waals surface area contributed by atoms with Crippen molar-refractivity contribution in [3.8, 4) is 0 Å². The van der Waals surface area contributed by atoms with Crippen molar-refractivity contribution in [1.29, 1.82) is 0 Å². The molecule has 0 saturated carbocycles. The normalized spacial score (nSPS) is 22.2. The molecular formula is C5H9ClMgO. The van der Waals surface area contributed by atoms with Crippen LogP contribution in [-0.2, 0) is 4.74 Å². The van der Waals surface area contributed by atoms with Gasteiger partial charge in [0.15, 0.2) is 0 Å². The zero-order valence-electron chi connectivity index (χ0n) is 4.90. The van der Waals surface area contributed by atoms with E-state index in [4.69, 9.17) is 4.74 Å². The van der Waals surface area contributed by atoms with E-state index in [-0.39, 0.29) is 12.4 Å². The van der Waals surface area contributed by atoms with Crippen molar-refractivity contribution in [3.05, 3.63) is 0 Å². The summed E-state index contributed by atoms with van der Waals surface area (Å²) >= 11 is 2.10. The van der Waals surface area contributed by atoms with Crippen LogP contribution in [0.1, 0.15) is 12.8 Å². The summed E-state index contributed by atoms with van der Waals surface area (Å²) in [7, 11) is 0. The van der Waals surface area contributed by atoms with E-state index >= 15 is 0 Å². The van der Waals surface area contributed by atoms with Crippen molar-refractivity contribution in [2.75, 3.05) is 13.2 Å². The second kappa shape index (κ2) is 4.85. The number of halogens is 1. The second-order valence-electron chi connectivity index (χ2n) is 2.06. The Morgan fingerprint density at radius 2 is 1.75 bits per heavy atom. The predicted octanol–water partition coefficient (Wildman–Crippen LogP) is -2.24. The Kier molecular flexibility index (Phi) is 5.47. The van der Waals surface area contributed by atoms with E-state index in [0.717, 1.165) is 17.3 Å². The second-order valence-corrected chi connectivity index (χ2v) is 3.21. The summed E-state index contributed by atoms with van der Waals surface area (Å²) < 4.78 is 6.08. The molecule has 0 bridgehead atoms. The molecule has 1 rings (SSSR count). The molecule has 1 saturated heterocycles. The fourth-order valence-electron chi connectivity index (χ4n) is 0.746. The third kappa shape index (κ3) is 3.12. The van der Waals surface area contributed by atoms with Crippen LogP contribution in [-0.4, -0.2) is 34.9 Å². The van der Waals surface area contributed by atoms with Crippen molar-refractivity contribution in [2.45, 2.75) is 16.9 Å². The molecule has 0 aromatic carbocycles. The number of hydrogen-bond acceptors (Lipinski definition) is 1. The van der Waals surface area contributed by atoms with Crippen LogP contribution in [0.25, 0.3) is 0 Å². The van der Waals surface area contributed by atoms with Crippen LogP contribution < -0.4 is 12.4 Å². The van der Waals surface area contributed by atoms with Crippen molar-refractivity contribution < 1.29 is 17.1 Å². The molecule has 0 aromatic rings. The molecule has 3 heteroatoms. The third-order valence-electron chi connectivity index (χ3n) is 1.34. The Bertz CT molecular complexity index is 54.4. The monoisotopic (exact) mass is 144 g/mol. The zero-order chi connectivity index (χ0) is 5.11. The van der Waals surface area contributed by atoms with E-state index in [1.807, 2.05) is 0 Å². The van der Waals surface area contributed by atoms with Gasteiger partial charge in [0.2, 0.25) is 0 Å². The van der Waals surface area contributed by atoms with Gasteiger partial charge in [-0.15, -0.1) is 0 Å². The molecule has 0 amide bonds. The summed E-state index contributed by atoms with van der Waals surface area (Å²) in [5.41, 5.74) is 0. The molecule has 8 heavy (non-hydrogen) atoms. The molecular weight excluding hydrogens is 136 g/mol. The van der Waals surface area contributed by atoms with Crippen LogP contribution in [0, 0.1) is 0 Å². The fraction of sp³-hybridized carbons (Fsp3) is 1.00. The SMILES string of the molecule is [Cl-].[Mg+][CH]1CCOCC1. The first-order chi connectivity index (χ1) is 3.39. The Hall–Kier alpha value is 1.02. The van der Waals surface area contributed by atoms with Crippen LogP contribution in [0.5, 0.6) is 0 Å². The Balaban J connectivity index is 0.000000490. The number of hydrogen-bond donors (Lipinski definition) is 0. The third-order valence-corrected chi connectivity index (χ3v) is 2.16. The summed E-state index contributed by atoms with van der Waals surface area (Å²) in [6.07, 6.45) is 2.55. The first-order valence-electron chi connectivity index (χ1n) is 2.80. The van der Waals surface area contributed by atoms with E-state index in [2.05, 4.69) is 21.7 Å². The Morgan fingerprint density at radius 3 is 2.00 bits per heavy atom. The molecule has 0 aromatic heterocycles. The van der Waals surface area contributed by atoms with Gasteiger partial charge in [-0.2, -0.15) is 0 Å². The first-order valence-corrected chi connectivity index (χ1v) is 3.62. The van der Waals surface area contributed by atoms with Crippen LogP contribution in [0.2, 0.25) is 4.05 Å². The molecule has 44 valence electrons. The van der Waals surface area contributed by atoms with Crippen LogP contribution in [0.4, 0.5) is 0 Å². The topological polar surface area (TPSA) is 9.23 Å².